The molecule has 2 fully saturated rings. The molecule has 0 bridgehead atoms. The Labute approximate surface area is 165 Å². The summed E-state index contributed by atoms with van der Waals surface area (Å²) in [5, 5.41) is 0. The zero-order chi connectivity index (χ0) is 19.4. The summed E-state index contributed by atoms with van der Waals surface area (Å²) >= 11 is 6.41. The quantitative estimate of drug-likeness (QED) is 0.541. The van der Waals surface area contributed by atoms with Gasteiger partial charge in [0.2, 0.25) is 0 Å². The molecule has 2 saturated heterocycles. The fourth-order valence-corrected chi connectivity index (χ4v) is 4.23. The Morgan fingerprint density at radius 1 is 1.22 bits per heavy atom. The molecule has 0 aliphatic carbocycles. The smallest absolute Gasteiger partial charge is 0.379 e. The minimum Gasteiger partial charge on any atom is -0.379 e. The summed E-state index contributed by atoms with van der Waals surface area (Å²) in [7, 11) is 0. The zero-order valence-corrected chi connectivity index (χ0v) is 16.1. The molecule has 27 heavy (non-hydrogen) atoms. The number of carbonyl (C=O) groups is 1. The van der Waals surface area contributed by atoms with Crippen LogP contribution in [0.15, 0.2) is 29.2 Å². The third-order valence-electron chi connectivity index (χ3n) is 4.35. The number of thiocarbonyl (C=S) groups is 1. The molecule has 146 valence electrons. The Bertz CT molecular complexity index is 746. The highest BCUT2D eigenvalue weighted by atomic mass is 32.2. The number of alkyl halides is 3. The summed E-state index contributed by atoms with van der Waals surface area (Å²) in [6.07, 6.45) is -2.16. The molecular weight excluding hydrogens is 397 g/mol. The lowest BCUT2D eigenvalue weighted by molar-refractivity contribution is -0.137. The lowest BCUT2D eigenvalue weighted by atomic mass is 10.1. The number of morpholine rings is 1. The first kappa shape index (κ1) is 20.3. The maximum Gasteiger partial charge on any atom is 0.416 e. The van der Waals surface area contributed by atoms with Crippen LogP contribution in [-0.4, -0.2) is 59.4 Å². The number of benzene rings is 1. The fourth-order valence-electron chi connectivity index (χ4n) is 2.93. The monoisotopic (exact) mass is 416 g/mol. The fraction of sp³-hybridized carbons (Fsp3) is 0.444. The number of carbonyl (C=O) groups excluding carboxylic acids is 1. The van der Waals surface area contributed by atoms with Crippen molar-refractivity contribution >= 4 is 40.3 Å². The number of hydrogen-bond acceptors (Lipinski definition) is 5. The molecule has 3 rings (SSSR count). The van der Waals surface area contributed by atoms with Crippen molar-refractivity contribution in [1.29, 1.82) is 0 Å². The maximum absolute atomic E-state index is 12.8. The third-order valence-corrected chi connectivity index (χ3v) is 5.72. The van der Waals surface area contributed by atoms with Gasteiger partial charge in [-0.3, -0.25) is 14.6 Å². The van der Waals surface area contributed by atoms with Crippen molar-refractivity contribution in [2.75, 3.05) is 39.4 Å². The molecule has 0 atom stereocenters. The molecule has 0 aromatic heterocycles. The Kier molecular flexibility index (Phi) is 6.56. The van der Waals surface area contributed by atoms with E-state index < -0.39 is 11.7 Å². The lowest BCUT2D eigenvalue weighted by Gasteiger charge is -2.27. The number of nitrogens with zero attached hydrogens (tertiary/aromatic N) is 2. The van der Waals surface area contributed by atoms with E-state index in [9.17, 15) is 18.0 Å². The molecule has 1 aromatic rings. The van der Waals surface area contributed by atoms with Crippen LogP contribution in [0.1, 0.15) is 17.5 Å². The number of amides is 1. The minimum absolute atomic E-state index is 0.246. The molecule has 0 saturated carbocycles. The summed E-state index contributed by atoms with van der Waals surface area (Å²) in [5.74, 6) is -0.246. The summed E-state index contributed by atoms with van der Waals surface area (Å²) < 4.78 is 44.3. The van der Waals surface area contributed by atoms with Gasteiger partial charge in [-0.25, -0.2) is 0 Å². The lowest BCUT2D eigenvalue weighted by Crippen LogP contribution is -2.38. The van der Waals surface area contributed by atoms with E-state index in [1.165, 1.54) is 17.0 Å². The molecule has 2 aliphatic heterocycles. The molecule has 2 heterocycles. The number of rotatable bonds is 5. The van der Waals surface area contributed by atoms with Crippen LogP contribution in [0.2, 0.25) is 0 Å². The second-order valence-electron chi connectivity index (χ2n) is 6.26. The van der Waals surface area contributed by atoms with Gasteiger partial charge in [0.15, 0.2) is 0 Å². The Morgan fingerprint density at radius 3 is 2.67 bits per heavy atom. The van der Waals surface area contributed by atoms with Crippen molar-refractivity contribution in [3.05, 3.63) is 40.3 Å². The van der Waals surface area contributed by atoms with E-state index in [4.69, 9.17) is 17.0 Å². The van der Waals surface area contributed by atoms with Crippen molar-refractivity contribution < 1.29 is 22.7 Å². The number of thioether (sulfide) groups is 1. The van der Waals surface area contributed by atoms with Crippen molar-refractivity contribution in [3.63, 3.8) is 0 Å². The number of halogens is 3. The highest BCUT2D eigenvalue weighted by Gasteiger charge is 2.33. The summed E-state index contributed by atoms with van der Waals surface area (Å²) in [4.78, 5) is 16.7. The second-order valence-corrected chi connectivity index (χ2v) is 7.94. The predicted molar refractivity (Wildman–Crippen MR) is 103 cm³/mol. The topological polar surface area (TPSA) is 32.8 Å². The van der Waals surface area contributed by atoms with Crippen LogP contribution in [0.5, 0.6) is 0 Å². The van der Waals surface area contributed by atoms with Crippen molar-refractivity contribution in [2.24, 2.45) is 0 Å². The molecule has 0 unspecified atom stereocenters. The second kappa shape index (κ2) is 8.72. The van der Waals surface area contributed by atoms with Gasteiger partial charge in [0.1, 0.15) is 4.32 Å². The van der Waals surface area contributed by atoms with Gasteiger partial charge < -0.3 is 4.74 Å². The molecular formula is C18H19F3N2O2S2. The van der Waals surface area contributed by atoms with Gasteiger partial charge in [-0.2, -0.15) is 13.2 Å². The molecule has 4 nitrogen and oxygen atoms in total. The SMILES string of the molecule is O=C1C(=Cc2cccc(C(F)(F)F)c2)SC(=S)N1CCCN1CCOCC1. The first-order valence-corrected chi connectivity index (χ1v) is 9.80. The first-order chi connectivity index (χ1) is 12.8. The Morgan fingerprint density at radius 2 is 1.96 bits per heavy atom. The highest BCUT2D eigenvalue weighted by molar-refractivity contribution is 8.26. The van der Waals surface area contributed by atoms with Crippen LogP contribution in [-0.2, 0) is 15.7 Å². The number of ether oxygens (including phenoxy) is 1. The van der Waals surface area contributed by atoms with Crippen LogP contribution >= 0.6 is 24.0 Å². The van der Waals surface area contributed by atoms with Crippen LogP contribution in [0.4, 0.5) is 13.2 Å². The van der Waals surface area contributed by atoms with Crippen molar-refractivity contribution in [3.8, 4) is 0 Å². The first-order valence-electron chi connectivity index (χ1n) is 8.57. The molecule has 2 aliphatic rings. The average Bonchev–Trinajstić information content (AvgIpc) is 2.89. The molecule has 9 heteroatoms. The molecule has 0 spiro atoms. The van der Waals surface area contributed by atoms with Gasteiger partial charge in [0.25, 0.3) is 5.91 Å². The van der Waals surface area contributed by atoms with E-state index in [2.05, 4.69) is 4.90 Å². The summed E-state index contributed by atoms with van der Waals surface area (Å²) in [6, 6.07) is 4.91. The molecule has 1 amide bonds. The molecule has 1 aromatic carbocycles. The Balaban J connectivity index is 1.62. The van der Waals surface area contributed by atoms with E-state index in [0.29, 0.717) is 21.3 Å². The van der Waals surface area contributed by atoms with Crippen LogP contribution in [0.3, 0.4) is 0 Å². The number of hydrogen-bond donors (Lipinski definition) is 0. The van der Waals surface area contributed by atoms with Crippen LogP contribution < -0.4 is 0 Å². The summed E-state index contributed by atoms with van der Waals surface area (Å²) in [5.41, 5.74) is -0.407. The van der Waals surface area contributed by atoms with Gasteiger partial charge in [0, 0.05) is 26.2 Å². The van der Waals surface area contributed by atoms with E-state index >= 15 is 0 Å². The van der Waals surface area contributed by atoms with Crippen LogP contribution in [0, 0.1) is 0 Å². The largest absolute Gasteiger partial charge is 0.416 e. The van der Waals surface area contributed by atoms with Gasteiger partial charge in [0.05, 0.1) is 23.7 Å². The minimum atomic E-state index is -4.41. The van der Waals surface area contributed by atoms with Crippen molar-refractivity contribution in [2.45, 2.75) is 12.6 Å². The zero-order valence-electron chi connectivity index (χ0n) is 14.5. The van der Waals surface area contributed by atoms with Gasteiger partial charge >= 0.3 is 6.18 Å². The standard InChI is InChI=1S/C18H19F3N2O2S2/c19-18(20,21)14-4-1-3-13(11-14)12-15-16(24)23(17(26)27-15)6-2-5-22-7-9-25-10-8-22/h1,3-4,11-12H,2,5-10H2. The van der Waals surface area contributed by atoms with E-state index in [1.807, 2.05) is 0 Å². The highest BCUT2D eigenvalue weighted by Crippen LogP contribution is 2.34. The van der Waals surface area contributed by atoms with Crippen molar-refractivity contribution in [1.82, 2.24) is 9.80 Å². The van der Waals surface area contributed by atoms with Gasteiger partial charge in [-0.1, -0.05) is 36.1 Å². The van der Waals surface area contributed by atoms with E-state index in [0.717, 1.165) is 63.2 Å². The van der Waals surface area contributed by atoms with Crippen LogP contribution in [0.25, 0.3) is 6.08 Å². The maximum atomic E-state index is 12.8. The van der Waals surface area contributed by atoms with Gasteiger partial charge in [-0.15, -0.1) is 0 Å². The van der Waals surface area contributed by atoms with Gasteiger partial charge in [-0.05, 0) is 30.2 Å². The predicted octanol–water partition coefficient (Wildman–Crippen LogP) is 3.63. The molecule has 0 N–H and O–H groups in total. The summed E-state index contributed by atoms with van der Waals surface area (Å²) in [6.45, 7) is 4.57. The Hall–Kier alpha value is -1.42. The molecule has 0 radical (unpaired) electrons. The van der Waals surface area contributed by atoms with E-state index in [-0.39, 0.29) is 5.91 Å². The normalized spacial score (nSPS) is 20.7. The van der Waals surface area contributed by atoms with E-state index in [1.54, 1.807) is 6.07 Å². The third kappa shape index (κ3) is 5.31. The average molecular weight is 416 g/mol.